The lowest BCUT2D eigenvalue weighted by Gasteiger charge is -2.42. The number of carbonyl (C=O) groups excluding carboxylic acids is 3. The van der Waals surface area contributed by atoms with Crippen LogP contribution in [0.25, 0.3) is 0 Å². The first kappa shape index (κ1) is 31.8. The zero-order valence-electron chi connectivity index (χ0n) is 25.7. The molecule has 0 saturated carbocycles. The van der Waals surface area contributed by atoms with E-state index in [-0.39, 0.29) is 43.9 Å². The zero-order valence-corrected chi connectivity index (χ0v) is 25.7. The van der Waals surface area contributed by atoms with Gasteiger partial charge in [-0.3, -0.25) is 14.5 Å². The Hall–Kier alpha value is -4.13. The Morgan fingerprint density at radius 2 is 1.76 bits per heavy atom. The first-order chi connectivity index (χ1) is 22.3. The highest BCUT2D eigenvalue weighted by molar-refractivity contribution is 6.22. The Balaban J connectivity index is 1.18. The molecule has 3 aliphatic rings. The topological polar surface area (TPSA) is 138 Å². The van der Waals surface area contributed by atoms with E-state index >= 15 is 0 Å². The minimum Gasteiger partial charge on any atom is -0.445 e. The van der Waals surface area contributed by atoms with Crippen molar-refractivity contribution in [3.63, 3.8) is 0 Å². The molecule has 46 heavy (non-hydrogen) atoms. The summed E-state index contributed by atoms with van der Waals surface area (Å²) in [4.78, 5) is 42.1. The molecule has 6 unspecified atom stereocenters. The highest BCUT2D eigenvalue weighted by Crippen LogP contribution is 2.42. The number of aliphatic hydroxyl groups is 2. The number of hydrogen-bond acceptors (Lipinski definition) is 9. The van der Waals surface area contributed by atoms with Crippen LogP contribution in [0.2, 0.25) is 0 Å². The number of carbonyl (C=O) groups is 3. The number of ether oxygens (including phenoxy) is 3. The Morgan fingerprint density at radius 1 is 0.978 bits per heavy atom. The predicted molar refractivity (Wildman–Crippen MR) is 167 cm³/mol. The molecule has 3 aliphatic heterocycles. The van der Waals surface area contributed by atoms with Crippen molar-refractivity contribution in [2.24, 2.45) is 5.92 Å². The zero-order chi connectivity index (χ0) is 32.2. The molecule has 3 fully saturated rings. The summed E-state index contributed by atoms with van der Waals surface area (Å²) in [5.74, 6) is -1.03. The molecule has 11 heteroatoms. The van der Waals surface area contributed by atoms with Crippen LogP contribution in [-0.2, 0) is 37.0 Å². The van der Waals surface area contributed by atoms with E-state index in [2.05, 4.69) is 17.1 Å². The fourth-order valence-electron chi connectivity index (χ4n) is 6.29. The quantitative estimate of drug-likeness (QED) is 0.303. The molecule has 6 atom stereocenters. The summed E-state index contributed by atoms with van der Waals surface area (Å²) in [7, 11) is 0. The molecule has 3 heterocycles. The Labute approximate surface area is 267 Å². The SMILES string of the molecule is CC1C(CN2CCC(O)C2)OC(c2cccc(N3C(=O)CC(NC(=O)OCc4ccccc4)C3=O)c2)OC1c1ccc(CO)cc1. The predicted octanol–water partition coefficient (Wildman–Crippen LogP) is 3.60. The van der Waals surface area contributed by atoms with E-state index in [1.165, 1.54) is 0 Å². The molecule has 0 radical (unpaired) electrons. The third kappa shape index (κ3) is 7.14. The first-order valence-corrected chi connectivity index (χ1v) is 15.6. The van der Waals surface area contributed by atoms with E-state index in [4.69, 9.17) is 14.2 Å². The largest absolute Gasteiger partial charge is 0.445 e. The fourth-order valence-corrected chi connectivity index (χ4v) is 6.29. The van der Waals surface area contributed by atoms with E-state index in [0.717, 1.165) is 28.1 Å². The molecule has 3 aromatic carbocycles. The normalized spacial score (nSPS) is 26.8. The van der Waals surface area contributed by atoms with Gasteiger partial charge in [0.05, 0.1) is 37.0 Å². The standard InChI is InChI=1S/C35H39N3O8/c1-22-30(19-37-15-14-28(40)18-37)45-34(46-32(22)25-12-10-23(20-39)11-13-25)26-8-5-9-27(16-26)38-31(41)17-29(33(38)42)36-35(43)44-21-24-6-3-2-4-7-24/h2-13,16,22,28-30,32,34,39-40H,14-15,17-21H2,1H3,(H,36,43). The smallest absolute Gasteiger partial charge is 0.408 e. The van der Waals surface area contributed by atoms with Crippen molar-refractivity contribution in [2.75, 3.05) is 24.5 Å². The van der Waals surface area contributed by atoms with Crippen molar-refractivity contribution >= 4 is 23.6 Å². The number of imide groups is 1. The third-order valence-corrected chi connectivity index (χ3v) is 8.86. The van der Waals surface area contributed by atoms with Crippen LogP contribution >= 0.6 is 0 Å². The van der Waals surface area contributed by atoms with Gasteiger partial charge in [-0.25, -0.2) is 9.69 Å². The van der Waals surface area contributed by atoms with Gasteiger partial charge in [0.15, 0.2) is 6.29 Å². The second-order valence-electron chi connectivity index (χ2n) is 12.1. The number of nitrogens with one attached hydrogen (secondary N) is 1. The second-order valence-corrected chi connectivity index (χ2v) is 12.1. The first-order valence-electron chi connectivity index (χ1n) is 15.6. The molecular weight excluding hydrogens is 590 g/mol. The maximum absolute atomic E-state index is 13.3. The summed E-state index contributed by atoms with van der Waals surface area (Å²) in [6.07, 6.45) is -1.98. The number of rotatable bonds is 9. The lowest BCUT2D eigenvalue weighted by atomic mass is 9.90. The summed E-state index contributed by atoms with van der Waals surface area (Å²) in [6, 6.07) is 22.7. The molecule has 3 N–H and O–H groups in total. The molecule has 3 aromatic rings. The van der Waals surface area contributed by atoms with Crippen LogP contribution in [0.1, 0.15) is 54.4 Å². The molecule has 3 saturated heterocycles. The number of alkyl carbamates (subject to hydrolysis) is 1. The number of benzene rings is 3. The lowest BCUT2D eigenvalue weighted by Crippen LogP contribution is -2.44. The van der Waals surface area contributed by atoms with E-state index in [9.17, 15) is 24.6 Å². The number of nitrogens with zero attached hydrogens (tertiary/aromatic N) is 2. The molecule has 0 spiro atoms. The van der Waals surface area contributed by atoms with Crippen LogP contribution in [-0.4, -0.2) is 70.9 Å². The number of anilines is 1. The number of β-amino-alcohol motifs (C(OH)–C–C–N with tert-alkyl or cyclic N) is 1. The lowest BCUT2D eigenvalue weighted by molar-refractivity contribution is -0.276. The van der Waals surface area contributed by atoms with Gasteiger partial charge in [0.25, 0.3) is 5.91 Å². The second kappa shape index (κ2) is 14.1. The molecule has 11 nitrogen and oxygen atoms in total. The van der Waals surface area contributed by atoms with Crippen LogP contribution in [0.5, 0.6) is 0 Å². The summed E-state index contributed by atoms with van der Waals surface area (Å²) >= 11 is 0. The van der Waals surface area contributed by atoms with Crippen LogP contribution in [0.4, 0.5) is 10.5 Å². The molecular formula is C35H39N3O8. The molecule has 3 amide bonds. The minimum absolute atomic E-state index is 0.0348. The molecule has 6 rings (SSSR count). The van der Waals surface area contributed by atoms with Gasteiger partial charge < -0.3 is 29.7 Å². The Kier molecular flexibility index (Phi) is 9.76. The number of aliphatic hydroxyl groups excluding tert-OH is 2. The summed E-state index contributed by atoms with van der Waals surface area (Å²) in [5.41, 5.74) is 3.53. The molecule has 0 aromatic heterocycles. The van der Waals surface area contributed by atoms with Crippen molar-refractivity contribution in [3.8, 4) is 0 Å². The third-order valence-electron chi connectivity index (χ3n) is 8.86. The van der Waals surface area contributed by atoms with Crippen molar-refractivity contribution in [1.29, 1.82) is 0 Å². The monoisotopic (exact) mass is 629 g/mol. The highest BCUT2D eigenvalue weighted by Gasteiger charge is 2.42. The fraction of sp³-hybridized carbons (Fsp3) is 0.400. The van der Waals surface area contributed by atoms with E-state index in [0.29, 0.717) is 30.8 Å². The van der Waals surface area contributed by atoms with E-state index < -0.39 is 30.2 Å². The van der Waals surface area contributed by atoms with Crippen molar-refractivity contribution < 1.29 is 38.8 Å². The minimum atomic E-state index is -1.05. The van der Waals surface area contributed by atoms with Crippen LogP contribution in [0.15, 0.2) is 78.9 Å². The van der Waals surface area contributed by atoms with E-state index in [1.807, 2.05) is 60.7 Å². The average molecular weight is 630 g/mol. The van der Waals surface area contributed by atoms with Gasteiger partial charge >= 0.3 is 6.09 Å². The Morgan fingerprint density at radius 3 is 2.48 bits per heavy atom. The maximum Gasteiger partial charge on any atom is 0.408 e. The van der Waals surface area contributed by atoms with Gasteiger partial charge in [0.2, 0.25) is 5.91 Å². The number of hydrogen-bond donors (Lipinski definition) is 3. The van der Waals surface area contributed by atoms with Gasteiger partial charge in [0.1, 0.15) is 12.6 Å². The van der Waals surface area contributed by atoms with Crippen molar-refractivity contribution in [3.05, 3.63) is 101 Å². The summed E-state index contributed by atoms with van der Waals surface area (Å²) < 4.78 is 18.3. The van der Waals surface area contributed by atoms with Crippen LogP contribution in [0, 0.1) is 5.92 Å². The summed E-state index contributed by atoms with van der Waals surface area (Å²) in [5, 5.41) is 22.2. The van der Waals surface area contributed by atoms with Crippen LogP contribution < -0.4 is 10.2 Å². The van der Waals surface area contributed by atoms with Gasteiger partial charge in [-0.05, 0) is 35.2 Å². The summed E-state index contributed by atoms with van der Waals surface area (Å²) in [6.45, 7) is 4.03. The van der Waals surface area contributed by atoms with Crippen molar-refractivity contribution in [1.82, 2.24) is 10.2 Å². The van der Waals surface area contributed by atoms with Crippen molar-refractivity contribution in [2.45, 2.75) is 63.6 Å². The van der Waals surface area contributed by atoms with Gasteiger partial charge in [-0.1, -0.05) is 73.7 Å². The van der Waals surface area contributed by atoms with E-state index in [1.54, 1.807) is 18.2 Å². The van der Waals surface area contributed by atoms with Crippen LogP contribution in [0.3, 0.4) is 0 Å². The average Bonchev–Trinajstić information content (AvgIpc) is 3.61. The number of amides is 3. The van der Waals surface area contributed by atoms with Gasteiger partial charge in [-0.2, -0.15) is 0 Å². The Bertz CT molecular complexity index is 1530. The highest BCUT2D eigenvalue weighted by atomic mass is 16.7. The maximum atomic E-state index is 13.3. The van der Waals surface area contributed by atoms with Gasteiger partial charge in [-0.15, -0.1) is 0 Å². The molecule has 0 aliphatic carbocycles. The molecule has 242 valence electrons. The molecule has 0 bridgehead atoms. The van der Waals surface area contributed by atoms with Gasteiger partial charge in [0, 0.05) is 31.1 Å². The number of likely N-dealkylation sites (tertiary alicyclic amines) is 1.